The van der Waals surface area contributed by atoms with E-state index in [0.717, 1.165) is 0 Å². The topological polar surface area (TPSA) is 0 Å². The molecule has 0 heteroatoms. The van der Waals surface area contributed by atoms with E-state index in [2.05, 4.69) is 26.8 Å². The van der Waals surface area contributed by atoms with Crippen molar-refractivity contribution in [1.82, 2.24) is 0 Å². The number of unbranched alkanes of at least 4 members (excludes halogenated alkanes) is 1. The van der Waals surface area contributed by atoms with Gasteiger partial charge in [0.2, 0.25) is 0 Å². The van der Waals surface area contributed by atoms with E-state index in [1.165, 1.54) is 51.4 Å². The Morgan fingerprint density at radius 1 is 1.00 bits per heavy atom. The van der Waals surface area contributed by atoms with Gasteiger partial charge in [-0.25, -0.2) is 0 Å². The van der Waals surface area contributed by atoms with Crippen LogP contribution in [0.25, 0.3) is 0 Å². The molecule has 0 aromatic carbocycles. The van der Waals surface area contributed by atoms with Crippen molar-refractivity contribution in [2.45, 2.75) is 72.1 Å². The smallest absolute Gasteiger partial charge is 0.0230 e. The van der Waals surface area contributed by atoms with Crippen LogP contribution in [0.5, 0.6) is 0 Å². The summed E-state index contributed by atoms with van der Waals surface area (Å²) in [6.45, 7) is 6.91. The van der Waals surface area contributed by atoms with Gasteiger partial charge in [0.1, 0.15) is 0 Å². The van der Waals surface area contributed by atoms with E-state index in [-0.39, 0.29) is 0 Å². The zero-order valence-electron chi connectivity index (χ0n) is 11.7. The van der Waals surface area contributed by atoms with E-state index >= 15 is 0 Å². The molecule has 0 nitrogen and oxygen atoms in total. The predicted octanol–water partition coefficient (Wildman–Crippen LogP) is 5.71. The minimum Gasteiger partial charge on any atom is -0.0654 e. The summed E-state index contributed by atoms with van der Waals surface area (Å²) in [5.74, 6) is 0. The second-order valence-corrected chi connectivity index (χ2v) is 5.60. The Labute approximate surface area is 106 Å². The van der Waals surface area contributed by atoms with Crippen LogP contribution in [0.15, 0.2) is 33.9 Å². The van der Waals surface area contributed by atoms with E-state index in [9.17, 15) is 0 Å². The van der Waals surface area contributed by atoms with Crippen molar-refractivity contribution in [1.29, 1.82) is 0 Å². The lowest BCUT2D eigenvalue weighted by molar-refractivity contribution is 0.596. The average Bonchev–Trinajstić information content (AvgIpc) is 2.65. The third-order valence-corrected chi connectivity index (χ3v) is 4.40. The van der Waals surface area contributed by atoms with Crippen molar-refractivity contribution in [3.05, 3.63) is 33.9 Å². The second-order valence-electron chi connectivity index (χ2n) is 5.60. The summed E-state index contributed by atoms with van der Waals surface area (Å²) >= 11 is 0. The van der Waals surface area contributed by atoms with E-state index in [0.29, 0.717) is 0 Å². The molecule has 0 aliphatic heterocycles. The fourth-order valence-electron chi connectivity index (χ4n) is 3.08. The lowest BCUT2D eigenvalue weighted by Crippen LogP contribution is -1.97. The molecule has 0 heterocycles. The number of allylic oxidation sites excluding steroid dienone is 6. The summed E-state index contributed by atoms with van der Waals surface area (Å²) in [5.41, 5.74) is 8.07. The molecule has 17 heavy (non-hydrogen) atoms. The van der Waals surface area contributed by atoms with Gasteiger partial charge >= 0.3 is 0 Å². The zero-order valence-corrected chi connectivity index (χ0v) is 11.7. The summed E-state index contributed by atoms with van der Waals surface area (Å²) in [6, 6.07) is 0. The Balaban J connectivity index is 2.22. The zero-order chi connectivity index (χ0) is 12.3. The molecule has 0 N–H and O–H groups in total. The minimum absolute atomic E-state index is 1.27. The van der Waals surface area contributed by atoms with Crippen LogP contribution in [-0.4, -0.2) is 0 Å². The van der Waals surface area contributed by atoms with Crippen molar-refractivity contribution >= 4 is 0 Å². The number of rotatable bonds is 3. The van der Waals surface area contributed by atoms with Crippen LogP contribution in [0.2, 0.25) is 0 Å². The summed E-state index contributed by atoms with van der Waals surface area (Å²) in [7, 11) is 0. The van der Waals surface area contributed by atoms with Crippen LogP contribution in [0.4, 0.5) is 0 Å². The van der Waals surface area contributed by atoms with Gasteiger partial charge in [-0.3, -0.25) is 0 Å². The molecule has 0 bridgehead atoms. The Morgan fingerprint density at radius 2 is 1.71 bits per heavy atom. The highest BCUT2D eigenvalue weighted by atomic mass is 14.2. The maximum Gasteiger partial charge on any atom is -0.0230 e. The fraction of sp³-hybridized carbons (Fsp3) is 0.647. The SMILES string of the molecule is CCCCC1=CC(=C2CCCCC2)C(C)=C1C. The van der Waals surface area contributed by atoms with Gasteiger partial charge in [0.15, 0.2) is 0 Å². The molecule has 0 atom stereocenters. The Bertz CT molecular complexity index is 369. The van der Waals surface area contributed by atoms with Gasteiger partial charge in [0.25, 0.3) is 0 Å². The standard InChI is InChI=1S/C17H26/c1-4-5-9-16-12-17(14(3)13(16)2)15-10-7-6-8-11-15/h12H,4-11H2,1-3H3. The molecule has 0 saturated heterocycles. The first kappa shape index (κ1) is 12.7. The van der Waals surface area contributed by atoms with Crippen molar-refractivity contribution in [2.75, 3.05) is 0 Å². The average molecular weight is 230 g/mol. The third kappa shape index (κ3) is 2.73. The lowest BCUT2D eigenvalue weighted by Gasteiger charge is -2.16. The first-order valence-electron chi connectivity index (χ1n) is 7.35. The Hall–Kier alpha value is -0.780. The second kappa shape index (κ2) is 5.71. The molecule has 0 spiro atoms. The summed E-state index contributed by atoms with van der Waals surface area (Å²) in [5, 5.41) is 0. The molecular formula is C17H26. The monoisotopic (exact) mass is 230 g/mol. The molecule has 2 rings (SSSR count). The number of hydrogen-bond donors (Lipinski definition) is 0. The molecule has 0 amide bonds. The molecular weight excluding hydrogens is 204 g/mol. The maximum atomic E-state index is 2.50. The van der Waals surface area contributed by atoms with Gasteiger partial charge in [-0.1, -0.05) is 31.4 Å². The highest BCUT2D eigenvalue weighted by Crippen LogP contribution is 2.38. The van der Waals surface area contributed by atoms with Crippen LogP contribution in [0.3, 0.4) is 0 Å². The first-order valence-corrected chi connectivity index (χ1v) is 7.35. The molecule has 0 aromatic heterocycles. The van der Waals surface area contributed by atoms with Gasteiger partial charge in [-0.2, -0.15) is 0 Å². The van der Waals surface area contributed by atoms with E-state index in [4.69, 9.17) is 0 Å². The van der Waals surface area contributed by atoms with Crippen molar-refractivity contribution in [2.24, 2.45) is 0 Å². The van der Waals surface area contributed by atoms with E-state index < -0.39 is 0 Å². The minimum atomic E-state index is 1.27. The van der Waals surface area contributed by atoms with Gasteiger partial charge in [-0.05, 0) is 74.7 Å². The van der Waals surface area contributed by atoms with Crippen LogP contribution in [0.1, 0.15) is 72.1 Å². The van der Waals surface area contributed by atoms with Gasteiger partial charge in [0.05, 0.1) is 0 Å². The molecule has 0 aromatic rings. The van der Waals surface area contributed by atoms with Gasteiger partial charge < -0.3 is 0 Å². The van der Waals surface area contributed by atoms with Crippen molar-refractivity contribution in [3.63, 3.8) is 0 Å². The maximum absolute atomic E-state index is 2.50. The lowest BCUT2D eigenvalue weighted by atomic mass is 9.89. The van der Waals surface area contributed by atoms with Crippen LogP contribution in [0, 0.1) is 0 Å². The molecule has 2 aliphatic rings. The largest absolute Gasteiger partial charge is 0.0654 e. The van der Waals surface area contributed by atoms with Crippen molar-refractivity contribution < 1.29 is 0 Å². The normalized spacial score (nSPS) is 21.2. The summed E-state index contributed by atoms with van der Waals surface area (Å²) in [4.78, 5) is 0. The van der Waals surface area contributed by atoms with E-state index in [1.54, 1.807) is 27.9 Å². The van der Waals surface area contributed by atoms with Gasteiger partial charge in [0, 0.05) is 0 Å². The van der Waals surface area contributed by atoms with Crippen molar-refractivity contribution in [3.8, 4) is 0 Å². The van der Waals surface area contributed by atoms with Crippen LogP contribution in [-0.2, 0) is 0 Å². The van der Waals surface area contributed by atoms with Crippen LogP contribution < -0.4 is 0 Å². The van der Waals surface area contributed by atoms with Crippen LogP contribution >= 0.6 is 0 Å². The quantitative estimate of drug-likeness (QED) is 0.582. The molecule has 0 unspecified atom stereocenters. The molecule has 2 aliphatic carbocycles. The summed E-state index contributed by atoms with van der Waals surface area (Å²) < 4.78 is 0. The third-order valence-electron chi connectivity index (χ3n) is 4.40. The highest BCUT2D eigenvalue weighted by Gasteiger charge is 2.19. The predicted molar refractivity (Wildman–Crippen MR) is 76.1 cm³/mol. The first-order chi connectivity index (χ1) is 8.24. The molecule has 1 fully saturated rings. The Kier molecular flexibility index (Phi) is 4.25. The summed E-state index contributed by atoms with van der Waals surface area (Å²) in [6.07, 6.45) is 13.3. The van der Waals surface area contributed by atoms with E-state index in [1.807, 2.05) is 0 Å². The highest BCUT2D eigenvalue weighted by molar-refractivity contribution is 5.58. The Morgan fingerprint density at radius 3 is 2.35 bits per heavy atom. The molecule has 94 valence electrons. The fourth-order valence-corrected chi connectivity index (χ4v) is 3.08. The molecule has 1 saturated carbocycles. The van der Waals surface area contributed by atoms with Gasteiger partial charge in [-0.15, -0.1) is 0 Å². The molecule has 0 radical (unpaired) electrons. The number of hydrogen-bond acceptors (Lipinski definition) is 0.